The second kappa shape index (κ2) is 10.6. The standard InChI is InChI=1S/C23H30ClN3O5S/c24-19-5-7-20(8-6-19)33(30,31)27-13-11-26(12-14-27)16-21-22(28)18(17-32-23(21)29)15-25-9-3-1-2-4-10-25/h5-8,17,28H,1-4,9-16H2. The van der Waals surface area contributed by atoms with Gasteiger partial charge in [-0.25, -0.2) is 13.2 Å². The van der Waals surface area contributed by atoms with Crippen LogP contribution in [0, 0.1) is 0 Å². The Morgan fingerprint density at radius 3 is 2.12 bits per heavy atom. The Labute approximate surface area is 199 Å². The predicted octanol–water partition coefficient (Wildman–Crippen LogP) is 2.88. The Hall–Kier alpha value is -1.91. The lowest BCUT2D eigenvalue weighted by Gasteiger charge is -2.33. The summed E-state index contributed by atoms with van der Waals surface area (Å²) in [6, 6.07) is 6.13. The zero-order valence-corrected chi connectivity index (χ0v) is 20.2. The highest BCUT2D eigenvalue weighted by atomic mass is 35.5. The van der Waals surface area contributed by atoms with Gasteiger partial charge in [0.25, 0.3) is 0 Å². The lowest BCUT2D eigenvalue weighted by molar-refractivity contribution is 0.177. The third-order valence-corrected chi connectivity index (χ3v) is 8.57. The van der Waals surface area contributed by atoms with Crippen LogP contribution in [0.5, 0.6) is 5.75 Å². The molecule has 1 N–H and O–H groups in total. The molecular weight excluding hydrogens is 466 g/mol. The molecule has 8 nitrogen and oxygen atoms in total. The highest BCUT2D eigenvalue weighted by Gasteiger charge is 2.29. The second-order valence-electron chi connectivity index (χ2n) is 8.70. The zero-order chi connectivity index (χ0) is 23.4. The van der Waals surface area contributed by atoms with Gasteiger partial charge in [-0.3, -0.25) is 9.80 Å². The molecule has 180 valence electrons. The number of hydrogen-bond donors (Lipinski definition) is 1. The minimum atomic E-state index is -3.60. The molecule has 0 amide bonds. The molecular formula is C23H30ClN3O5S. The van der Waals surface area contributed by atoms with Crippen molar-refractivity contribution < 1.29 is 17.9 Å². The fraction of sp³-hybridized carbons (Fsp3) is 0.522. The van der Waals surface area contributed by atoms with Crippen LogP contribution in [-0.2, 0) is 23.1 Å². The third kappa shape index (κ3) is 5.78. The van der Waals surface area contributed by atoms with Gasteiger partial charge in [0, 0.05) is 49.9 Å². The van der Waals surface area contributed by atoms with Crippen LogP contribution in [0.2, 0.25) is 5.02 Å². The molecule has 0 radical (unpaired) electrons. The summed E-state index contributed by atoms with van der Waals surface area (Å²) in [6.45, 7) is 4.20. The van der Waals surface area contributed by atoms with Crippen LogP contribution in [0.25, 0.3) is 0 Å². The summed E-state index contributed by atoms with van der Waals surface area (Å²) >= 11 is 5.87. The van der Waals surface area contributed by atoms with Crippen LogP contribution in [-0.4, -0.2) is 66.9 Å². The molecule has 2 aliphatic rings. The molecule has 0 unspecified atom stereocenters. The first-order valence-electron chi connectivity index (χ1n) is 11.4. The lowest BCUT2D eigenvalue weighted by atomic mass is 10.1. The highest BCUT2D eigenvalue weighted by molar-refractivity contribution is 7.89. The molecule has 2 fully saturated rings. The monoisotopic (exact) mass is 495 g/mol. The normalized spacial score (nSPS) is 19.4. The molecule has 33 heavy (non-hydrogen) atoms. The van der Waals surface area contributed by atoms with E-state index in [2.05, 4.69) is 4.90 Å². The molecule has 0 aliphatic carbocycles. The summed E-state index contributed by atoms with van der Waals surface area (Å²) in [7, 11) is -3.60. The quantitative estimate of drug-likeness (QED) is 0.658. The predicted molar refractivity (Wildman–Crippen MR) is 126 cm³/mol. The van der Waals surface area contributed by atoms with Crippen molar-refractivity contribution in [3.8, 4) is 5.75 Å². The van der Waals surface area contributed by atoms with Crippen LogP contribution >= 0.6 is 11.6 Å². The summed E-state index contributed by atoms with van der Waals surface area (Å²) in [5.41, 5.74) is 0.301. The van der Waals surface area contributed by atoms with Gasteiger partial charge < -0.3 is 9.52 Å². The fourth-order valence-electron chi connectivity index (χ4n) is 4.44. The van der Waals surface area contributed by atoms with Crippen molar-refractivity contribution in [2.45, 2.75) is 43.7 Å². The molecule has 0 atom stereocenters. The number of hydrogen-bond acceptors (Lipinski definition) is 7. The van der Waals surface area contributed by atoms with Crippen LogP contribution in [0.1, 0.15) is 36.8 Å². The summed E-state index contributed by atoms with van der Waals surface area (Å²) in [6.07, 6.45) is 6.07. The molecule has 0 saturated carbocycles. The number of rotatable bonds is 6. The van der Waals surface area contributed by atoms with E-state index in [9.17, 15) is 18.3 Å². The Balaban J connectivity index is 1.41. The largest absolute Gasteiger partial charge is 0.507 e. The zero-order valence-electron chi connectivity index (χ0n) is 18.6. The maximum Gasteiger partial charge on any atom is 0.343 e. The maximum absolute atomic E-state index is 12.9. The van der Waals surface area contributed by atoms with Crippen molar-refractivity contribution in [1.82, 2.24) is 14.1 Å². The van der Waals surface area contributed by atoms with Crippen molar-refractivity contribution >= 4 is 21.6 Å². The average molecular weight is 496 g/mol. The first kappa shape index (κ1) is 24.2. The first-order valence-corrected chi connectivity index (χ1v) is 13.2. The minimum Gasteiger partial charge on any atom is -0.507 e. The van der Waals surface area contributed by atoms with Crippen molar-refractivity contribution in [1.29, 1.82) is 0 Å². The van der Waals surface area contributed by atoms with E-state index in [4.69, 9.17) is 16.0 Å². The summed E-state index contributed by atoms with van der Waals surface area (Å²) < 4.78 is 32.4. The topological polar surface area (TPSA) is 94.3 Å². The van der Waals surface area contributed by atoms with Gasteiger partial charge in [-0.15, -0.1) is 0 Å². The molecule has 2 saturated heterocycles. The Morgan fingerprint density at radius 1 is 0.879 bits per heavy atom. The van der Waals surface area contributed by atoms with E-state index in [-0.39, 0.29) is 22.8 Å². The molecule has 2 aliphatic heterocycles. The van der Waals surface area contributed by atoms with Crippen LogP contribution in [0.15, 0.2) is 44.6 Å². The number of likely N-dealkylation sites (tertiary alicyclic amines) is 1. The van der Waals surface area contributed by atoms with Gasteiger partial charge >= 0.3 is 5.63 Å². The Bertz CT molecular complexity index is 1100. The van der Waals surface area contributed by atoms with Gasteiger partial charge in [-0.2, -0.15) is 4.31 Å². The number of aromatic hydroxyl groups is 1. The van der Waals surface area contributed by atoms with Crippen molar-refractivity contribution in [3.63, 3.8) is 0 Å². The Kier molecular flexibility index (Phi) is 7.76. The molecule has 0 bridgehead atoms. The summed E-state index contributed by atoms with van der Waals surface area (Å²) in [5, 5.41) is 11.3. The Morgan fingerprint density at radius 2 is 1.48 bits per heavy atom. The fourth-order valence-corrected chi connectivity index (χ4v) is 5.98. The summed E-state index contributed by atoms with van der Waals surface area (Å²) in [5.74, 6) is -0.00767. The van der Waals surface area contributed by atoms with E-state index in [1.165, 1.54) is 35.5 Å². The van der Waals surface area contributed by atoms with Crippen molar-refractivity contribution in [3.05, 3.63) is 57.1 Å². The number of sulfonamides is 1. The average Bonchev–Trinajstić information content (AvgIpc) is 3.08. The molecule has 4 rings (SSSR count). The highest BCUT2D eigenvalue weighted by Crippen LogP contribution is 2.25. The molecule has 10 heteroatoms. The maximum atomic E-state index is 12.9. The van der Waals surface area contributed by atoms with Crippen molar-refractivity contribution in [2.24, 2.45) is 0 Å². The molecule has 1 aromatic heterocycles. The lowest BCUT2D eigenvalue weighted by Crippen LogP contribution is -2.48. The van der Waals surface area contributed by atoms with Gasteiger partial charge in [-0.05, 0) is 50.2 Å². The van der Waals surface area contributed by atoms with E-state index in [0.717, 1.165) is 25.9 Å². The molecule has 0 spiro atoms. The van der Waals surface area contributed by atoms with Crippen LogP contribution in [0.3, 0.4) is 0 Å². The first-order chi connectivity index (χ1) is 15.8. The van der Waals surface area contributed by atoms with Gasteiger partial charge in [0.05, 0.1) is 10.5 Å². The van der Waals surface area contributed by atoms with E-state index in [0.29, 0.717) is 43.3 Å². The number of halogens is 1. The number of benzene rings is 1. The number of piperazine rings is 1. The van der Waals surface area contributed by atoms with Gasteiger partial charge in [0.15, 0.2) is 0 Å². The molecule has 1 aromatic carbocycles. The minimum absolute atomic E-state index is 0.00767. The molecule has 2 aromatic rings. The van der Waals surface area contributed by atoms with E-state index >= 15 is 0 Å². The summed E-state index contributed by atoms with van der Waals surface area (Å²) in [4.78, 5) is 16.8. The number of nitrogens with zero attached hydrogens (tertiary/aromatic N) is 3. The van der Waals surface area contributed by atoms with E-state index in [1.807, 2.05) is 4.90 Å². The smallest absolute Gasteiger partial charge is 0.343 e. The van der Waals surface area contributed by atoms with Crippen LogP contribution < -0.4 is 5.63 Å². The molecule has 3 heterocycles. The van der Waals surface area contributed by atoms with Gasteiger partial charge in [-0.1, -0.05) is 24.4 Å². The van der Waals surface area contributed by atoms with Crippen molar-refractivity contribution in [2.75, 3.05) is 39.3 Å². The van der Waals surface area contributed by atoms with E-state index in [1.54, 1.807) is 12.1 Å². The van der Waals surface area contributed by atoms with Gasteiger partial charge in [0.1, 0.15) is 12.0 Å². The third-order valence-electron chi connectivity index (χ3n) is 6.40. The SMILES string of the molecule is O=c1occ(CN2CCCCCC2)c(O)c1CN1CCN(S(=O)(=O)c2ccc(Cl)cc2)CC1. The van der Waals surface area contributed by atoms with Crippen LogP contribution in [0.4, 0.5) is 0 Å². The van der Waals surface area contributed by atoms with Gasteiger partial charge in [0.2, 0.25) is 10.0 Å². The second-order valence-corrected chi connectivity index (χ2v) is 11.1. The van der Waals surface area contributed by atoms with E-state index < -0.39 is 15.6 Å².